The van der Waals surface area contributed by atoms with Gasteiger partial charge in [0, 0.05) is 4.75 Å². The number of hydrogen-bond donors (Lipinski definition) is 2. The van der Waals surface area contributed by atoms with Gasteiger partial charge in [0.1, 0.15) is 10.7 Å². The van der Waals surface area contributed by atoms with E-state index in [2.05, 4.69) is 36.2 Å². The molecule has 4 nitrogen and oxygen atoms in total. The number of nitrogens with zero attached hydrogens (tertiary/aromatic N) is 2. The molecule has 0 aliphatic carbocycles. The summed E-state index contributed by atoms with van der Waals surface area (Å²) >= 11 is 3.44. The molecule has 2 rings (SSSR count). The molecule has 6 heteroatoms. The van der Waals surface area contributed by atoms with E-state index in [4.69, 9.17) is 5.84 Å². The van der Waals surface area contributed by atoms with Crippen LogP contribution in [0.5, 0.6) is 0 Å². The quantitative estimate of drug-likeness (QED) is 0.662. The van der Waals surface area contributed by atoms with Crippen LogP contribution in [0.4, 0.5) is 5.82 Å². The Bertz CT molecular complexity index is 516. The van der Waals surface area contributed by atoms with E-state index in [0.29, 0.717) is 5.82 Å². The molecular formula is C11H16N4S2. The maximum Gasteiger partial charge on any atom is 0.152 e. The number of thiophene rings is 1. The zero-order chi connectivity index (χ0) is 12.5. The number of rotatable bonds is 3. The van der Waals surface area contributed by atoms with Crippen LogP contribution in [-0.2, 0) is 5.75 Å². The number of hydrazine groups is 1. The van der Waals surface area contributed by atoms with E-state index < -0.39 is 0 Å². The van der Waals surface area contributed by atoms with Crippen molar-refractivity contribution in [2.24, 2.45) is 5.84 Å². The first-order valence-corrected chi connectivity index (χ1v) is 7.21. The standard InChI is InChI=1S/C11H16N4S2/c1-11(2,3)17-6-8-13-9(15-12)7-4-5-16-10(7)14-8/h4-5H,6,12H2,1-3H3,(H,13,14,15). The molecule has 0 aromatic carbocycles. The summed E-state index contributed by atoms with van der Waals surface area (Å²) in [4.78, 5) is 9.95. The number of nitrogen functional groups attached to an aromatic ring is 1. The van der Waals surface area contributed by atoms with Crippen molar-refractivity contribution in [3.63, 3.8) is 0 Å². The average Bonchev–Trinajstić information content (AvgIpc) is 2.72. The third-order valence-corrected chi connectivity index (χ3v) is 4.22. The zero-order valence-electron chi connectivity index (χ0n) is 10.2. The molecular weight excluding hydrogens is 252 g/mol. The van der Waals surface area contributed by atoms with Crippen LogP contribution in [0.1, 0.15) is 26.6 Å². The summed E-state index contributed by atoms with van der Waals surface area (Å²) in [5.74, 6) is 7.82. The molecule has 0 unspecified atom stereocenters. The van der Waals surface area contributed by atoms with Crippen molar-refractivity contribution in [2.45, 2.75) is 31.3 Å². The van der Waals surface area contributed by atoms with Crippen molar-refractivity contribution in [2.75, 3.05) is 5.43 Å². The molecule has 2 heterocycles. The highest BCUT2D eigenvalue weighted by Gasteiger charge is 2.13. The predicted molar refractivity (Wildman–Crippen MR) is 76.3 cm³/mol. The summed E-state index contributed by atoms with van der Waals surface area (Å²) in [6, 6.07) is 1.98. The van der Waals surface area contributed by atoms with Crippen molar-refractivity contribution < 1.29 is 0 Å². The summed E-state index contributed by atoms with van der Waals surface area (Å²) in [5.41, 5.74) is 2.64. The summed E-state index contributed by atoms with van der Waals surface area (Å²) in [5, 5.41) is 2.99. The highest BCUT2D eigenvalue weighted by molar-refractivity contribution is 7.99. The lowest BCUT2D eigenvalue weighted by atomic mass is 10.3. The van der Waals surface area contributed by atoms with E-state index in [0.717, 1.165) is 21.8 Å². The van der Waals surface area contributed by atoms with Crippen LogP contribution in [0.3, 0.4) is 0 Å². The van der Waals surface area contributed by atoms with E-state index >= 15 is 0 Å². The van der Waals surface area contributed by atoms with E-state index in [1.54, 1.807) is 11.3 Å². The Balaban J connectivity index is 2.29. The fraction of sp³-hybridized carbons (Fsp3) is 0.455. The maximum atomic E-state index is 5.48. The van der Waals surface area contributed by atoms with Gasteiger partial charge < -0.3 is 5.43 Å². The molecule has 0 saturated carbocycles. The topological polar surface area (TPSA) is 63.8 Å². The molecule has 0 fully saturated rings. The first kappa shape index (κ1) is 12.6. The van der Waals surface area contributed by atoms with Crippen molar-refractivity contribution >= 4 is 39.1 Å². The maximum absolute atomic E-state index is 5.48. The molecule has 0 aliphatic rings. The van der Waals surface area contributed by atoms with Gasteiger partial charge in [-0.15, -0.1) is 23.1 Å². The van der Waals surface area contributed by atoms with Crippen LogP contribution in [0.2, 0.25) is 0 Å². The molecule has 0 saturated heterocycles. The van der Waals surface area contributed by atoms with Gasteiger partial charge in [-0.3, -0.25) is 0 Å². The first-order chi connectivity index (χ1) is 7.99. The van der Waals surface area contributed by atoms with E-state index in [1.807, 2.05) is 23.2 Å². The van der Waals surface area contributed by atoms with Crippen molar-refractivity contribution in [3.8, 4) is 0 Å². The average molecular weight is 268 g/mol. The van der Waals surface area contributed by atoms with Crippen LogP contribution in [0.15, 0.2) is 11.4 Å². The molecule has 0 radical (unpaired) electrons. The van der Waals surface area contributed by atoms with Gasteiger partial charge in [0.05, 0.1) is 11.1 Å². The molecule has 0 aliphatic heterocycles. The Morgan fingerprint density at radius 1 is 1.41 bits per heavy atom. The number of nitrogens with one attached hydrogen (secondary N) is 1. The molecule has 0 atom stereocenters. The summed E-state index contributed by atoms with van der Waals surface area (Å²) < 4.78 is 0.212. The number of aromatic nitrogens is 2. The molecule has 0 spiro atoms. The van der Waals surface area contributed by atoms with Gasteiger partial charge in [0.2, 0.25) is 0 Å². The summed E-state index contributed by atoms with van der Waals surface area (Å²) in [7, 11) is 0. The van der Waals surface area contributed by atoms with Gasteiger partial charge in [-0.05, 0) is 11.4 Å². The van der Waals surface area contributed by atoms with Crippen LogP contribution in [-0.4, -0.2) is 14.7 Å². The minimum atomic E-state index is 0.212. The Labute approximate surface area is 109 Å². The minimum Gasteiger partial charge on any atom is -0.308 e. The summed E-state index contributed by atoms with van der Waals surface area (Å²) in [6.45, 7) is 6.55. The Morgan fingerprint density at radius 2 is 2.18 bits per heavy atom. The van der Waals surface area contributed by atoms with Crippen LogP contribution in [0.25, 0.3) is 10.2 Å². The Hall–Kier alpha value is -0.850. The second kappa shape index (κ2) is 4.80. The fourth-order valence-corrected chi connectivity index (χ4v) is 2.83. The molecule has 2 aromatic heterocycles. The number of anilines is 1. The number of hydrogen-bond acceptors (Lipinski definition) is 6. The van der Waals surface area contributed by atoms with Crippen LogP contribution < -0.4 is 11.3 Å². The van der Waals surface area contributed by atoms with Crippen molar-refractivity contribution in [1.82, 2.24) is 9.97 Å². The zero-order valence-corrected chi connectivity index (χ0v) is 11.8. The molecule has 0 amide bonds. The van der Waals surface area contributed by atoms with Gasteiger partial charge in [-0.1, -0.05) is 20.8 Å². The fourth-order valence-electron chi connectivity index (χ4n) is 1.36. The SMILES string of the molecule is CC(C)(C)SCc1nc(NN)c2ccsc2n1. The third kappa shape index (κ3) is 3.08. The molecule has 92 valence electrons. The normalized spacial score (nSPS) is 12.0. The molecule has 17 heavy (non-hydrogen) atoms. The number of nitrogens with two attached hydrogens (primary N) is 1. The van der Waals surface area contributed by atoms with Gasteiger partial charge in [-0.25, -0.2) is 15.8 Å². The lowest BCUT2D eigenvalue weighted by Crippen LogP contribution is -2.12. The van der Waals surface area contributed by atoms with Crippen LogP contribution >= 0.6 is 23.1 Å². The third-order valence-electron chi connectivity index (χ3n) is 2.14. The monoisotopic (exact) mass is 268 g/mol. The lowest BCUT2D eigenvalue weighted by Gasteiger charge is -2.16. The number of thioether (sulfide) groups is 1. The summed E-state index contributed by atoms with van der Waals surface area (Å²) in [6.07, 6.45) is 0. The predicted octanol–water partition coefficient (Wildman–Crippen LogP) is 3.01. The minimum absolute atomic E-state index is 0.212. The largest absolute Gasteiger partial charge is 0.308 e. The second-order valence-corrected chi connectivity index (χ2v) is 7.37. The van der Waals surface area contributed by atoms with Gasteiger partial charge in [-0.2, -0.15) is 0 Å². The highest BCUT2D eigenvalue weighted by atomic mass is 32.2. The van der Waals surface area contributed by atoms with Gasteiger partial charge in [0.15, 0.2) is 5.82 Å². The van der Waals surface area contributed by atoms with Crippen molar-refractivity contribution in [1.29, 1.82) is 0 Å². The van der Waals surface area contributed by atoms with E-state index in [1.165, 1.54) is 0 Å². The Morgan fingerprint density at radius 3 is 2.82 bits per heavy atom. The van der Waals surface area contributed by atoms with Crippen molar-refractivity contribution in [3.05, 3.63) is 17.3 Å². The molecule has 0 bridgehead atoms. The smallest absolute Gasteiger partial charge is 0.152 e. The highest BCUT2D eigenvalue weighted by Crippen LogP contribution is 2.29. The molecule has 2 aromatic rings. The first-order valence-electron chi connectivity index (χ1n) is 5.34. The molecule has 3 N–H and O–H groups in total. The van der Waals surface area contributed by atoms with Gasteiger partial charge >= 0.3 is 0 Å². The van der Waals surface area contributed by atoms with E-state index in [-0.39, 0.29) is 4.75 Å². The second-order valence-electron chi connectivity index (χ2n) is 4.67. The van der Waals surface area contributed by atoms with E-state index in [9.17, 15) is 0 Å². The van der Waals surface area contributed by atoms with Crippen LogP contribution in [0, 0.1) is 0 Å². The van der Waals surface area contributed by atoms with Gasteiger partial charge in [0.25, 0.3) is 0 Å². The number of fused-ring (bicyclic) bond motifs is 1. The Kier molecular flexibility index (Phi) is 3.56. The lowest BCUT2D eigenvalue weighted by molar-refractivity contribution is 0.800.